The number of nitro benzene ring substituents is 1. The van der Waals surface area contributed by atoms with E-state index in [2.05, 4.69) is 19.2 Å². The topological polar surface area (TPSA) is 72.2 Å². The second-order valence-electron chi connectivity index (χ2n) is 5.29. The fourth-order valence-corrected chi connectivity index (χ4v) is 2.48. The Balaban J connectivity index is 2.44. The van der Waals surface area contributed by atoms with Gasteiger partial charge < -0.3 is 5.32 Å². The Labute approximate surface area is 125 Å². The average Bonchev–Trinajstić information content (AvgIpc) is 2.47. The van der Waals surface area contributed by atoms with E-state index in [-0.39, 0.29) is 11.6 Å². The summed E-state index contributed by atoms with van der Waals surface area (Å²) in [6, 6.07) is 5.68. The van der Waals surface area contributed by atoms with Crippen molar-refractivity contribution in [3.63, 3.8) is 0 Å². The van der Waals surface area contributed by atoms with Crippen molar-refractivity contribution < 1.29 is 9.72 Å². The molecular formula is C16H24N2O3. The highest BCUT2D eigenvalue weighted by Crippen LogP contribution is 2.17. The van der Waals surface area contributed by atoms with Crippen molar-refractivity contribution in [2.75, 3.05) is 6.54 Å². The predicted octanol–water partition coefficient (Wildman–Crippen LogP) is 3.93. The fourth-order valence-electron chi connectivity index (χ4n) is 2.48. The van der Waals surface area contributed by atoms with E-state index in [9.17, 15) is 14.9 Å². The predicted molar refractivity (Wildman–Crippen MR) is 83.4 cm³/mol. The van der Waals surface area contributed by atoms with Gasteiger partial charge in [0, 0.05) is 24.2 Å². The zero-order valence-corrected chi connectivity index (χ0v) is 12.8. The first kappa shape index (κ1) is 17.1. The summed E-state index contributed by atoms with van der Waals surface area (Å²) in [6.45, 7) is 5.01. The molecule has 0 saturated heterocycles. The lowest BCUT2D eigenvalue weighted by atomic mass is 9.95. The normalized spacial score (nSPS) is 10.6. The van der Waals surface area contributed by atoms with Gasteiger partial charge >= 0.3 is 0 Å². The SMILES string of the molecule is CCCC(CCC)CCNC(=O)c1ccc([N+](=O)[O-])cc1. The Morgan fingerprint density at radius 1 is 1.14 bits per heavy atom. The number of rotatable bonds is 9. The molecule has 0 heterocycles. The van der Waals surface area contributed by atoms with E-state index in [0.29, 0.717) is 18.0 Å². The van der Waals surface area contributed by atoms with Crippen LogP contribution in [0.15, 0.2) is 24.3 Å². The number of hydrogen-bond acceptors (Lipinski definition) is 3. The Hall–Kier alpha value is -1.91. The first-order valence-electron chi connectivity index (χ1n) is 7.61. The second-order valence-corrected chi connectivity index (χ2v) is 5.29. The summed E-state index contributed by atoms with van der Waals surface area (Å²) in [6.07, 6.45) is 5.71. The Morgan fingerprint density at radius 2 is 1.71 bits per heavy atom. The van der Waals surface area contributed by atoms with Gasteiger partial charge in [0.2, 0.25) is 0 Å². The van der Waals surface area contributed by atoms with Crippen LogP contribution in [0.5, 0.6) is 0 Å². The molecule has 0 unspecified atom stereocenters. The molecule has 0 atom stereocenters. The molecule has 1 aromatic rings. The highest BCUT2D eigenvalue weighted by atomic mass is 16.6. The summed E-state index contributed by atoms with van der Waals surface area (Å²) >= 11 is 0. The fraction of sp³-hybridized carbons (Fsp3) is 0.562. The van der Waals surface area contributed by atoms with Crippen LogP contribution in [-0.4, -0.2) is 17.4 Å². The summed E-state index contributed by atoms with van der Waals surface area (Å²) in [5.41, 5.74) is 0.459. The summed E-state index contributed by atoms with van der Waals surface area (Å²) in [5.74, 6) is 0.494. The van der Waals surface area contributed by atoms with Crippen LogP contribution in [-0.2, 0) is 0 Å². The van der Waals surface area contributed by atoms with E-state index in [4.69, 9.17) is 0 Å². The van der Waals surface area contributed by atoms with Gasteiger partial charge in [0.05, 0.1) is 4.92 Å². The zero-order chi connectivity index (χ0) is 15.7. The smallest absolute Gasteiger partial charge is 0.269 e. The van der Waals surface area contributed by atoms with E-state index in [0.717, 1.165) is 6.42 Å². The minimum atomic E-state index is -0.470. The molecule has 0 aliphatic heterocycles. The molecule has 5 heteroatoms. The molecule has 0 bridgehead atoms. The molecule has 21 heavy (non-hydrogen) atoms. The highest BCUT2D eigenvalue weighted by Gasteiger charge is 2.10. The summed E-state index contributed by atoms with van der Waals surface area (Å²) in [4.78, 5) is 22.0. The maximum atomic E-state index is 11.9. The van der Waals surface area contributed by atoms with Gasteiger partial charge in [-0.3, -0.25) is 14.9 Å². The van der Waals surface area contributed by atoms with Gasteiger partial charge in [-0.2, -0.15) is 0 Å². The number of non-ortho nitro benzene ring substituents is 1. The lowest BCUT2D eigenvalue weighted by Crippen LogP contribution is -2.26. The molecule has 0 saturated carbocycles. The number of nitrogens with one attached hydrogen (secondary N) is 1. The molecule has 0 aliphatic rings. The number of amides is 1. The largest absolute Gasteiger partial charge is 0.352 e. The summed E-state index contributed by atoms with van der Waals surface area (Å²) < 4.78 is 0. The van der Waals surface area contributed by atoms with Crippen molar-refractivity contribution in [2.45, 2.75) is 46.0 Å². The first-order valence-corrected chi connectivity index (χ1v) is 7.61. The van der Waals surface area contributed by atoms with Crippen LogP contribution in [0.2, 0.25) is 0 Å². The van der Waals surface area contributed by atoms with Crippen LogP contribution < -0.4 is 5.32 Å². The number of hydrogen-bond donors (Lipinski definition) is 1. The molecule has 1 N–H and O–H groups in total. The maximum absolute atomic E-state index is 11.9. The van der Waals surface area contributed by atoms with E-state index < -0.39 is 4.92 Å². The second kappa shape index (κ2) is 9.10. The van der Waals surface area contributed by atoms with Crippen LogP contribution in [0, 0.1) is 16.0 Å². The Morgan fingerprint density at radius 3 is 2.19 bits per heavy atom. The number of nitro groups is 1. The molecule has 0 aliphatic carbocycles. The molecule has 1 aromatic carbocycles. The maximum Gasteiger partial charge on any atom is 0.269 e. The summed E-state index contributed by atoms with van der Waals surface area (Å²) in [5, 5.41) is 13.4. The molecule has 0 fully saturated rings. The van der Waals surface area contributed by atoms with Gasteiger partial charge in [0.15, 0.2) is 0 Å². The minimum absolute atomic E-state index is 0.00231. The van der Waals surface area contributed by atoms with E-state index in [1.54, 1.807) is 0 Å². The minimum Gasteiger partial charge on any atom is -0.352 e. The molecule has 0 spiro atoms. The number of carbonyl (C=O) groups excluding carboxylic acids is 1. The van der Waals surface area contributed by atoms with Gasteiger partial charge in [-0.1, -0.05) is 39.5 Å². The number of benzene rings is 1. The van der Waals surface area contributed by atoms with Crippen molar-refractivity contribution >= 4 is 11.6 Å². The lowest BCUT2D eigenvalue weighted by molar-refractivity contribution is -0.384. The van der Waals surface area contributed by atoms with Crippen LogP contribution in [0.4, 0.5) is 5.69 Å². The third-order valence-corrected chi connectivity index (χ3v) is 3.57. The first-order chi connectivity index (χ1) is 10.1. The zero-order valence-electron chi connectivity index (χ0n) is 12.8. The van der Waals surface area contributed by atoms with E-state index >= 15 is 0 Å². The molecular weight excluding hydrogens is 268 g/mol. The van der Waals surface area contributed by atoms with Crippen LogP contribution in [0.3, 0.4) is 0 Å². The molecule has 0 radical (unpaired) electrons. The Bertz CT molecular complexity index is 451. The van der Waals surface area contributed by atoms with Gasteiger partial charge in [-0.15, -0.1) is 0 Å². The molecule has 0 aromatic heterocycles. The van der Waals surface area contributed by atoms with E-state index in [1.165, 1.54) is 49.9 Å². The average molecular weight is 292 g/mol. The Kier molecular flexibility index (Phi) is 7.43. The third-order valence-electron chi connectivity index (χ3n) is 3.57. The molecule has 1 amide bonds. The monoisotopic (exact) mass is 292 g/mol. The van der Waals surface area contributed by atoms with Crippen LogP contribution in [0.1, 0.15) is 56.3 Å². The number of carbonyl (C=O) groups is 1. The standard InChI is InChI=1S/C16H24N2O3/c1-3-5-13(6-4-2)11-12-17-16(19)14-7-9-15(10-8-14)18(20)21/h7-10,13H,3-6,11-12H2,1-2H3,(H,17,19). The van der Waals surface area contributed by atoms with Gasteiger partial charge in [0.1, 0.15) is 0 Å². The third kappa shape index (κ3) is 5.94. The molecule has 5 nitrogen and oxygen atoms in total. The quantitative estimate of drug-likeness (QED) is 0.553. The highest BCUT2D eigenvalue weighted by molar-refractivity contribution is 5.94. The lowest BCUT2D eigenvalue weighted by Gasteiger charge is -2.15. The van der Waals surface area contributed by atoms with E-state index in [1.807, 2.05) is 0 Å². The molecule has 1 rings (SSSR count). The van der Waals surface area contributed by atoms with Gasteiger partial charge in [-0.25, -0.2) is 0 Å². The van der Waals surface area contributed by atoms with Crippen molar-refractivity contribution in [3.05, 3.63) is 39.9 Å². The van der Waals surface area contributed by atoms with Crippen molar-refractivity contribution in [2.24, 2.45) is 5.92 Å². The van der Waals surface area contributed by atoms with Crippen molar-refractivity contribution in [1.82, 2.24) is 5.32 Å². The van der Waals surface area contributed by atoms with Gasteiger partial charge in [0.25, 0.3) is 11.6 Å². The molecule has 116 valence electrons. The van der Waals surface area contributed by atoms with Crippen LogP contribution >= 0.6 is 0 Å². The number of nitrogens with zero attached hydrogens (tertiary/aromatic N) is 1. The van der Waals surface area contributed by atoms with Crippen molar-refractivity contribution in [1.29, 1.82) is 0 Å². The van der Waals surface area contributed by atoms with Crippen molar-refractivity contribution in [3.8, 4) is 0 Å². The van der Waals surface area contributed by atoms with Gasteiger partial charge in [-0.05, 0) is 24.5 Å². The van der Waals surface area contributed by atoms with Crippen LogP contribution in [0.25, 0.3) is 0 Å². The summed E-state index contributed by atoms with van der Waals surface area (Å²) in [7, 11) is 0.